The first-order valence-electron chi connectivity index (χ1n) is 15.7. The largest absolute Gasteiger partial charge is 0.466 e. The summed E-state index contributed by atoms with van der Waals surface area (Å²) < 4.78 is 21.3. The van der Waals surface area contributed by atoms with Crippen molar-refractivity contribution in [2.24, 2.45) is 34.5 Å². The fourth-order valence-electron chi connectivity index (χ4n) is 7.38. The van der Waals surface area contributed by atoms with Crippen LogP contribution in [0, 0.1) is 34.5 Å². The lowest BCUT2D eigenvalue weighted by molar-refractivity contribution is -0.141. The van der Waals surface area contributed by atoms with E-state index in [4.69, 9.17) is 18.9 Å². The van der Waals surface area contributed by atoms with Crippen molar-refractivity contribution in [2.45, 2.75) is 91.9 Å². The molecule has 3 aliphatic rings. The van der Waals surface area contributed by atoms with Gasteiger partial charge in [0, 0.05) is 36.4 Å². The molecule has 2 bridgehead atoms. The number of nitrogens with one attached hydrogen (secondary N) is 2. The Kier molecular flexibility index (Phi) is 12.5. The molecule has 3 aliphatic carbocycles. The molecule has 2 amide bonds. The van der Waals surface area contributed by atoms with E-state index in [-0.39, 0.29) is 28.9 Å². The molecule has 0 heterocycles. The molecule has 0 saturated heterocycles. The number of alkyl carbamates (subject to hydrolysis) is 2. The van der Waals surface area contributed by atoms with Crippen LogP contribution in [-0.2, 0) is 28.5 Å². The lowest BCUT2D eigenvalue weighted by atomic mass is 9.65. The number of amides is 2. The normalized spacial score (nSPS) is 29.5. The summed E-state index contributed by atoms with van der Waals surface area (Å²) in [5.41, 5.74) is 0.327. The molecule has 10 heteroatoms. The summed E-state index contributed by atoms with van der Waals surface area (Å²) in [6, 6.07) is 0. The number of esters is 2. The van der Waals surface area contributed by atoms with E-state index < -0.39 is 6.09 Å². The van der Waals surface area contributed by atoms with Gasteiger partial charge in [0.2, 0.25) is 0 Å². The highest BCUT2D eigenvalue weighted by atomic mass is 16.6. The topological polar surface area (TPSA) is 129 Å². The van der Waals surface area contributed by atoms with Crippen LogP contribution in [0.15, 0.2) is 12.2 Å². The van der Waals surface area contributed by atoms with Gasteiger partial charge in [-0.1, -0.05) is 20.4 Å². The summed E-state index contributed by atoms with van der Waals surface area (Å²) in [6.07, 6.45) is 8.67. The van der Waals surface area contributed by atoms with Gasteiger partial charge in [-0.3, -0.25) is 4.79 Å². The van der Waals surface area contributed by atoms with Crippen molar-refractivity contribution in [1.82, 2.24) is 10.6 Å². The van der Waals surface area contributed by atoms with Crippen molar-refractivity contribution in [3.05, 3.63) is 12.2 Å². The van der Waals surface area contributed by atoms with Gasteiger partial charge < -0.3 is 29.6 Å². The zero-order valence-electron chi connectivity index (χ0n) is 26.1. The van der Waals surface area contributed by atoms with Crippen molar-refractivity contribution < 1.29 is 38.1 Å². The zero-order chi connectivity index (χ0) is 30.8. The van der Waals surface area contributed by atoms with Gasteiger partial charge in [0.15, 0.2) is 0 Å². The highest BCUT2D eigenvalue weighted by Gasteiger charge is 2.55. The lowest BCUT2D eigenvalue weighted by Gasteiger charge is -2.41. The molecule has 238 valence electrons. The Bertz CT molecular complexity index is 970. The number of unbranched alkanes of at least 4 members (excludes halogenated alkanes) is 2. The van der Waals surface area contributed by atoms with Gasteiger partial charge >= 0.3 is 24.1 Å². The maximum absolute atomic E-state index is 12.3. The maximum atomic E-state index is 12.3. The van der Waals surface area contributed by atoms with Gasteiger partial charge in [-0.2, -0.15) is 0 Å². The van der Waals surface area contributed by atoms with Gasteiger partial charge in [0.25, 0.3) is 0 Å². The Hall–Kier alpha value is -2.78. The molecule has 0 radical (unpaired) electrons. The van der Waals surface area contributed by atoms with Gasteiger partial charge in [-0.05, 0) is 94.8 Å². The van der Waals surface area contributed by atoms with Crippen LogP contribution in [-0.4, -0.2) is 63.6 Å². The van der Waals surface area contributed by atoms with Crippen LogP contribution < -0.4 is 10.6 Å². The minimum absolute atomic E-state index is 0.0265. The minimum Gasteiger partial charge on any atom is -0.466 e. The number of carbonyl (C=O) groups excluding carboxylic acids is 4. The van der Waals surface area contributed by atoms with Crippen LogP contribution >= 0.6 is 0 Å². The van der Waals surface area contributed by atoms with Gasteiger partial charge in [0.05, 0.1) is 26.4 Å². The number of hydrogen-bond acceptors (Lipinski definition) is 8. The van der Waals surface area contributed by atoms with Crippen molar-refractivity contribution in [3.63, 3.8) is 0 Å². The van der Waals surface area contributed by atoms with Crippen molar-refractivity contribution in [1.29, 1.82) is 0 Å². The number of carbonyl (C=O) groups is 4. The SMILES string of the molecule is C=C(C)C(=O)OCCCCNC(=O)OCC1(C)CC2CC(C1)C1CC(C)(COC(=O)NCCCCOC(C)=O)CCC21. The molecule has 10 nitrogen and oxygen atoms in total. The fraction of sp³-hybridized carbons (Fsp3) is 0.812. The summed E-state index contributed by atoms with van der Waals surface area (Å²) in [4.78, 5) is 46.8. The van der Waals surface area contributed by atoms with Crippen molar-refractivity contribution in [3.8, 4) is 0 Å². The van der Waals surface area contributed by atoms with Crippen LogP contribution in [0.4, 0.5) is 9.59 Å². The standard InChI is InChI=1S/C32H52N2O8/c1-22(2)28(36)40-15-9-7-13-34-30(38)42-21-32(5)17-24-16-25(18-32)27-19-31(4,11-10-26(24)27)20-41-29(37)33-12-6-8-14-39-23(3)35/h24-27H,1,6-21H2,2-5H3,(H,33,37)(H,34,38). The predicted molar refractivity (Wildman–Crippen MR) is 157 cm³/mol. The predicted octanol–water partition coefficient (Wildman–Crippen LogP) is 5.54. The zero-order valence-corrected chi connectivity index (χ0v) is 26.1. The van der Waals surface area contributed by atoms with E-state index in [0.29, 0.717) is 88.0 Å². The molecule has 0 aliphatic heterocycles. The molecule has 3 rings (SSSR count). The third-order valence-corrected chi connectivity index (χ3v) is 9.36. The average molecular weight is 593 g/mol. The van der Waals surface area contributed by atoms with Crippen LogP contribution in [0.25, 0.3) is 0 Å². The van der Waals surface area contributed by atoms with Crippen LogP contribution in [0.3, 0.4) is 0 Å². The van der Waals surface area contributed by atoms with Gasteiger partial charge in [0.1, 0.15) is 0 Å². The van der Waals surface area contributed by atoms with E-state index in [1.54, 1.807) is 6.92 Å². The van der Waals surface area contributed by atoms with Crippen LogP contribution in [0.5, 0.6) is 0 Å². The highest BCUT2D eigenvalue weighted by Crippen LogP contribution is 2.62. The summed E-state index contributed by atoms with van der Waals surface area (Å²) in [7, 11) is 0. The quantitative estimate of drug-likeness (QED) is 0.110. The smallest absolute Gasteiger partial charge is 0.407 e. The Labute approximate surface area is 251 Å². The molecular weight excluding hydrogens is 540 g/mol. The first kappa shape index (κ1) is 33.7. The summed E-state index contributed by atoms with van der Waals surface area (Å²) in [5, 5.41) is 5.62. The molecule has 0 aromatic rings. The lowest BCUT2D eigenvalue weighted by Crippen LogP contribution is -2.38. The molecule has 2 N–H and O–H groups in total. The molecule has 0 aromatic heterocycles. The first-order chi connectivity index (χ1) is 19.9. The monoisotopic (exact) mass is 592 g/mol. The molecule has 6 unspecified atom stereocenters. The van der Waals surface area contributed by atoms with E-state index in [0.717, 1.165) is 38.5 Å². The van der Waals surface area contributed by atoms with Crippen molar-refractivity contribution in [2.75, 3.05) is 39.5 Å². The van der Waals surface area contributed by atoms with Crippen LogP contribution in [0.1, 0.15) is 91.9 Å². The summed E-state index contributed by atoms with van der Waals surface area (Å²) in [6.45, 7) is 13.5. The molecule has 6 atom stereocenters. The highest BCUT2D eigenvalue weighted by molar-refractivity contribution is 5.86. The Morgan fingerprint density at radius 3 is 1.86 bits per heavy atom. The first-order valence-corrected chi connectivity index (χ1v) is 15.7. The molecular formula is C32H52N2O8. The third-order valence-electron chi connectivity index (χ3n) is 9.36. The molecule has 42 heavy (non-hydrogen) atoms. The van der Waals surface area contributed by atoms with E-state index in [9.17, 15) is 19.2 Å². The molecule has 3 saturated carbocycles. The molecule has 3 fully saturated rings. The second-order valence-corrected chi connectivity index (χ2v) is 13.5. The second-order valence-electron chi connectivity index (χ2n) is 13.5. The van der Waals surface area contributed by atoms with Gasteiger partial charge in [-0.15, -0.1) is 0 Å². The van der Waals surface area contributed by atoms with Crippen molar-refractivity contribution >= 4 is 24.1 Å². The van der Waals surface area contributed by atoms with E-state index >= 15 is 0 Å². The summed E-state index contributed by atoms with van der Waals surface area (Å²) in [5.74, 6) is 1.91. The number of hydrogen-bond donors (Lipinski definition) is 2. The second kappa shape index (κ2) is 15.6. The molecule has 0 aromatic carbocycles. The molecule has 0 spiro atoms. The number of rotatable bonds is 15. The fourth-order valence-corrected chi connectivity index (χ4v) is 7.38. The third kappa shape index (κ3) is 10.5. The maximum Gasteiger partial charge on any atom is 0.407 e. The number of ether oxygens (including phenoxy) is 4. The van der Waals surface area contributed by atoms with E-state index in [1.165, 1.54) is 13.3 Å². The number of fused-ring (bicyclic) bond motifs is 5. The summed E-state index contributed by atoms with van der Waals surface area (Å²) >= 11 is 0. The minimum atomic E-state index is -0.391. The average Bonchev–Trinajstić information content (AvgIpc) is 3.18. The van der Waals surface area contributed by atoms with E-state index in [1.807, 2.05) is 0 Å². The Balaban J connectivity index is 1.34. The van der Waals surface area contributed by atoms with Gasteiger partial charge in [-0.25, -0.2) is 14.4 Å². The Morgan fingerprint density at radius 2 is 1.29 bits per heavy atom. The van der Waals surface area contributed by atoms with E-state index in [2.05, 4.69) is 31.1 Å². The van der Waals surface area contributed by atoms with Crippen LogP contribution in [0.2, 0.25) is 0 Å². The Morgan fingerprint density at radius 1 is 0.738 bits per heavy atom.